The summed E-state index contributed by atoms with van der Waals surface area (Å²) in [4.78, 5) is 12.3. The van der Waals surface area contributed by atoms with E-state index >= 15 is 0 Å². The molecule has 0 bridgehead atoms. The molecule has 0 atom stereocenters. The Morgan fingerprint density at radius 3 is 2.52 bits per heavy atom. The summed E-state index contributed by atoms with van der Waals surface area (Å²) < 4.78 is 5.94. The molecule has 104 valence electrons. The van der Waals surface area contributed by atoms with Crippen molar-refractivity contribution in [3.8, 4) is 16.2 Å². The molecule has 0 spiro atoms. The molecule has 2 aromatic carbocycles. The first kappa shape index (κ1) is 13.6. The maximum absolute atomic E-state index is 11.3. The van der Waals surface area contributed by atoms with Crippen LogP contribution in [0.1, 0.15) is 15.9 Å². The Kier molecular flexibility index (Phi) is 4.12. The van der Waals surface area contributed by atoms with Crippen molar-refractivity contribution in [2.45, 2.75) is 6.61 Å². The fourth-order valence-corrected chi connectivity index (χ4v) is 2.98. The highest BCUT2D eigenvalue weighted by molar-refractivity contribution is 7.13. The third-order valence-electron chi connectivity index (χ3n) is 3.19. The van der Waals surface area contributed by atoms with E-state index in [0.717, 1.165) is 28.0 Å². The normalized spacial score (nSPS) is 10.3. The van der Waals surface area contributed by atoms with E-state index in [-0.39, 0.29) is 0 Å². The first-order valence-corrected chi connectivity index (χ1v) is 7.55. The van der Waals surface area contributed by atoms with E-state index in [0.29, 0.717) is 12.2 Å². The van der Waals surface area contributed by atoms with Crippen molar-refractivity contribution in [2.75, 3.05) is 0 Å². The Hall–Kier alpha value is -2.39. The average Bonchev–Trinajstić information content (AvgIpc) is 3.07. The number of hydrogen-bond acceptors (Lipinski definition) is 3. The first-order valence-electron chi connectivity index (χ1n) is 6.67. The van der Waals surface area contributed by atoms with E-state index in [1.165, 1.54) is 0 Å². The highest BCUT2D eigenvalue weighted by atomic mass is 32.1. The standard InChI is InChI=1S/C18H14O2S/c19-12-15-8-4-9-16(18(15)17-10-5-11-21-17)20-13-14-6-2-1-3-7-14/h1-12H,13H2. The van der Waals surface area contributed by atoms with Gasteiger partial charge in [-0.25, -0.2) is 0 Å². The summed E-state index contributed by atoms with van der Waals surface area (Å²) in [5, 5.41) is 2.00. The van der Waals surface area contributed by atoms with Crippen LogP contribution in [0.3, 0.4) is 0 Å². The predicted octanol–water partition coefficient (Wildman–Crippen LogP) is 4.81. The Bertz CT molecular complexity index is 718. The van der Waals surface area contributed by atoms with Gasteiger partial charge in [-0.2, -0.15) is 0 Å². The quantitative estimate of drug-likeness (QED) is 0.631. The molecule has 3 heteroatoms. The summed E-state index contributed by atoms with van der Waals surface area (Å²) in [6.07, 6.45) is 0.879. The number of carbonyl (C=O) groups is 1. The van der Waals surface area contributed by atoms with Gasteiger partial charge in [-0.1, -0.05) is 48.5 Å². The molecule has 0 aliphatic carbocycles. The number of aldehydes is 1. The number of rotatable bonds is 5. The summed E-state index contributed by atoms with van der Waals surface area (Å²) >= 11 is 1.60. The molecule has 0 radical (unpaired) electrons. The molecule has 0 aliphatic rings. The molecule has 2 nitrogen and oxygen atoms in total. The summed E-state index contributed by atoms with van der Waals surface area (Å²) in [6.45, 7) is 0.488. The van der Waals surface area contributed by atoms with Crippen LogP contribution >= 0.6 is 11.3 Å². The minimum atomic E-state index is 0.488. The maximum Gasteiger partial charge on any atom is 0.150 e. The molecule has 0 aliphatic heterocycles. The topological polar surface area (TPSA) is 26.3 Å². The van der Waals surface area contributed by atoms with Gasteiger partial charge in [0.2, 0.25) is 0 Å². The van der Waals surface area contributed by atoms with Crippen LogP contribution in [0.2, 0.25) is 0 Å². The zero-order valence-corrected chi connectivity index (χ0v) is 12.2. The van der Waals surface area contributed by atoms with Crippen LogP contribution in [0.15, 0.2) is 66.0 Å². The van der Waals surface area contributed by atoms with Gasteiger partial charge in [0.15, 0.2) is 6.29 Å². The van der Waals surface area contributed by atoms with Gasteiger partial charge in [0.05, 0.1) is 0 Å². The van der Waals surface area contributed by atoms with Crippen LogP contribution in [-0.4, -0.2) is 6.29 Å². The molecule has 0 saturated heterocycles. The molecule has 21 heavy (non-hydrogen) atoms. The van der Waals surface area contributed by atoms with E-state index in [9.17, 15) is 4.79 Å². The van der Waals surface area contributed by atoms with Gasteiger partial charge in [-0.15, -0.1) is 11.3 Å². The Morgan fingerprint density at radius 1 is 0.952 bits per heavy atom. The van der Waals surface area contributed by atoms with Crippen LogP contribution in [0, 0.1) is 0 Å². The predicted molar refractivity (Wildman–Crippen MR) is 85.9 cm³/mol. The minimum absolute atomic E-state index is 0.488. The third kappa shape index (κ3) is 3.03. The average molecular weight is 294 g/mol. The summed E-state index contributed by atoms with van der Waals surface area (Å²) in [6, 6.07) is 19.5. The van der Waals surface area contributed by atoms with E-state index in [1.807, 2.05) is 66.0 Å². The van der Waals surface area contributed by atoms with E-state index in [2.05, 4.69) is 0 Å². The van der Waals surface area contributed by atoms with Crippen molar-refractivity contribution in [1.29, 1.82) is 0 Å². The van der Waals surface area contributed by atoms with Gasteiger partial charge in [-0.05, 0) is 23.1 Å². The lowest BCUT2D eigenvalue weighted by Gasteiger charge is -2.12. The SMILES string of the molecule is O=Cc1cccc(OCc2ccccc2)c1-c1cccs1. The molecule has 3 aromatic rings. The van der Waals surface area contributed by atoms with Crippen LogP contribution in [-0.2, 0) is 6.61 Å². The second kappa shape index (κ2) is 6.37. The molecular formula is C18H14O2S. The van der Waals surface area contributed by atoms with Crippen molar-refractivity contribution in [3.63, 3.8) is 0 Å². The highest BCUT2D eigenvalue weighted by Crippen LogP contribution is 2.36. The Labute approximate surface area is 127 Å². The smallest absolute Gasteiger partial charge is 0.150 e. The molecule has 1 aromatic heterocycles. The monoisotopic (exact) mass is 294 g/mol. The summed E-state index contributed by atoms with van der Waals surface area (Å²) in [5.41, 5.74) is 2.63. The van der Waals surface area contributed by atoms with Crippen molar-refractivity contribution < 1.29 is 9.53 Å². The Morgan fingerprint density at radius 2 is 1.81 bits per heavy atom. The Balaban J connectivity index is 1.93. The van der Waals surface area contributed by atoms with E-state index in [4.69, 9.17) is 4.74 Å². The molecule has 0 fully saturated rings. The second-order valence-electron chi connectivity index (χ2n) is 4.59. The van der Waals surface area contributed by atoms with Crippen LogP contribution in [0.25, 0.3) is 10.4 Å². The van der Waals surface area contributed by atoms with Crippen molar-refractivity contribution in [1.82, 2.24) is 0 Å². The molecular weight excluding hydrogens is 280 g/mol. The van der Waals surface area contributed by atoms with Crippen molar-refractivity contribution >= 4 is 17.6 Å². The maximum atomic E-state index is 11.3. The number of hydrogen-bond donors (Lipinski definition) is 0. The molecule has 0 saturated carbocycles. The zero-order valence-electron chi connectivity index (χ0n) is 11.4. The zero-order chi connectivity index (χ0) is 14.5. The largest absolute Gasteiger partial charge is 0.488 e. The van der Waals surface area contributed by atoms with Crippen molar-refractivity contribution in [3.05, 3.63) is 77.2 Å². The number of ether oxygens (including phenoxy) is 1. The van der Waals surface area contributed by atoms with Crippen LogP contribution in [0.4, 0.5) is 0 Å². The van der Waals surface area contributed by atoms with Crippen molar-refractivity contribution in [2.24, 2.45) is 0 Å². The number of carbonyl (C=O) groups excluding carboxylic acids is 1. The van der Waals surface area contributed by atoms with Gasteiger partial charge in [-0.3, -0.25) is 4.79 Å². The lowest BCUT2D eigenvalue weighted by atomic mass is 10.1. The van der Waals surface area contributed by atoms with Crippen LogP contribution in [0.5, 0.6) is 5.75 Å². The van der Waals surface area contributed by atoms with E-state index in [1.54, 1.807) is 11.3 Å². The number of benzene rings is 2. The van der Waals surface area contributed by atoms with Gasteiger partial charge in [0.1, 0.15) is 12.4 Å². The van der Waals surface area contributed by atoms with Gasteiger partial charge in [0, 0.05) is 16.0 Å². The van der Waals surface area contributed by atoms with Gasteiger partial charge < -0.3 is 4.74 Å². The number of thiophene rings is 1. The van der Waals surface area contributed by atoms with Gasteiger partial charge in [0.25, 0.3) is 0 Å². The molecule has 1 heterocycles. The summed E-state index contributed by atoms with van der Waals surface area (Å²) in [7, 11) is 0. The highest BCUT2D eigenvalue weighted by Gasteiger charge is 2.12. The fourth-order valence-electron chi connectivity index (χ4n) is 2.19. The lowest BCUT2D eigenvalue weighted by Crippen LogP contribution is -1.98. The first-order chi connectivity index (χ1) is 10.4. The molecule has 0 unspecified atom stereocenters. The molecule has 0 amide bonds. The molecule has 0 N–H and O–H groups in total. The minimum Gasteiger partial charge on any atom is -0.488 e. The summed E-state index contributed by atoms with van der Waals surface area (Å²) in [5.74, 6) is 0.742. The van der Waals surface area contributed by atoms with Gasteiger partial charge >= 0.3 is 0 Å². The third-order valence-corrected chi connectivity index (χ3v) is 4.08. The second-order valence-corrected chi connectivity index (χ2v) is 5.54. The molecule has 3 rings (SSSR count). The lowest BCUT2D eigenvalue weighted by molar-refractivity contribution is 0.112. The van der Waals surface area contributed by atoms with Crippen LogP contribution < -0.4 is 4.74 Å². The van der Waals surface area contributed by atoms with E-state index < -0.39 is 0 Å². The fraction of sp³-hybridized carbons (Fsp3) is 0.0556.